The number of pyridine rings is 1. The van der Waals surface area contributed by atoms with Crippen LogP contribution in [0.4, 0.5) is 0 Å². The Labute approximate surface area is 71.3 Å². The third kappa shape index (κ3) is 1.74. The summed E-state index contributed by atoms with van der Waals surface area (Å²) in [6, 6.07) is 5.60. The zero-order valence-electron chi connectivity index (χ0n) is 6.77. The first-order chi connectivity index (χ1) is 5.95. The van der Waals surface area contributed by atoms with Crippen molar-refractivity contribution in [3.8, 4) is 5.88 Å². The zero-order chi connectivity index (χ0) is 8.23. The third-order valence-corrected chi connectivity index (χ3v) is 1.78. The van der Waals surface area contributed by atoms with Crippen LogP contribution in [0.2, 0.25) is 0 Å². The number of ether oxygens (including phenoxy) is 2. The fourth-order valence-electron chi connectivity index (χ4n) is 1.19. The molecular weight excluding hydrogens is 154 g/mol. The molecule has 0 N–H and O–H groups in total. The van der Waals surface area contributed by atoms with E-state index in [0.717, 1.165) is 19.4 Å². The van der Waals surface area contributed by atoms with Gasteiger partial charge in [0, 0.05) is 18.7 Å². The largest absolute Gasteiger partial charge is 0.448 e. The summed E-state index contributed by atoms with van der Waals surface area (Å²) in [5, 5.41) is 0. The number of aromatic nitrogens is 1. The van der Waals surface area contributed by atoms with Crippen LogP contribution < -0.4 is 4.74 Å². The Morgan fingerprint density at radius 2 is 2.50 bits per heavy atom. The minimum Gasteiger partial charge on any atom is -0.448 e. The Balaban J connectivity index is 1.94. The lowest BCUT2D eigenvalue weighted by atomic mass is 10.4. The summed E-state index contributed by atoms with van der Waals surface area (Å²) in [7, 11) is 0. The molecule has 1 aromatic heterocycles. The molecule has 1 aliphatic rings. The Kier molecular flexibility index (Phi) is 2.23. The summed E-state index contributed by atoms with van der Waals surface area (Å²) in [5.74, 6) is 0.643. The van der Waals surface area contributed by atoms with E-state index in [2.05, 4.69) is 4.98 Å². The van der Waals surface area contributed by atoms with Crippen LogP contribution in [0, 0.1) is 0 Å². The molecule has 1 saturated heterocycles. The quantitative estimate of drug-likeness (QED) is 0.667. The molecule has 1 atom stereocenters. The lowest BCUT2D eigenvalue weighted by molar-refractivity contribution is -0.0417. The van der Waals surface area contributed by atoms with Gasteiger partial charge in [-0.05, 0) is 12.5 Å². The number of hydrogen-bond acceptors (Lipinski definition) is 3. The molecule has 1 aromatic rings. The third-order valence-electron chi connectivity index (χ3n) is 1.78. The summed E-state index contributed by atoms with van der Waals surface area (Å²) in [6.45, 7) is 0.803. The van der Waals surface area contributed by atoms with Crippen molar-refractivity contribution in [1.29, 1.82) is 0 Å². The fraction of sp³-hybridized carbons (Fsp3) is 0.444. The predicted octanol–water partition coefficient (Wildman–Crippen LogP) is 1.60. The van der Waals surface area contributed by atoms with Crippen molar-refractivity contribution in [2.24, 2.45) is 0 Å². The molecule has 0 amide bonds. The molecule has 0 spiro atoms. The zero-order valence-corrected chi connectivity index (χ0v) is 6.77. The highest BCUT2D eigenvalue weighted by molar-refractivity contribution is 5.09. The Morgan fingerprint density at radius 3 is 3.17 bits per heavy atom. The van der Waals surface area contributed by atoms with Gasteiger partial charge in [-0.3, -0.25) is 0 Å². The van der Waals surface area contributed by atoms with E-state index in [-0.39, 0.29) is 6.29 Å². The van der Waals surface area contributed by atoms with Crippen molar-refractivity contribution in [2.75, 3.05) is 6.61 Å². The molecule has 12 heavy (non-hydrogen) atoms. The maximum Gasteiger partial charge on any atom is 0.215 e. The molecule has 3 heteroatoms. The average Bonchev–Trinajstić information content (AvgIpc) is 2.59. The number of rotatable bonds is 2. The lowest BCUT2D eigenvalue weighted by Gasteiger charge is -2.10. The smallest absolute Gasteiger partial charge is 0.215 e. The van der Waals surface area contributed by atoms with Crippen molar-refractivity contribution in [3.05, 3.63) is 24.4 Å². The van der Waals surface area contributed by atoms with E-state index in [1.807, 2.05) is 18.2 Å². The molecule has 3 nitrogen and oxygen atoms in total. The van der Waals surface area contributed by atoms with Crippen LogP contribution in [0.15, 0.2) is 24.4 Å². The maximum absolute atomic E-state index is 5.44. The van der Waals surface area contributed by atoms with Crippen LogP contribution in [0.1, 0.15) is 12.8 Å². The van der Waals surface area contributed by atoms with Crippen molar-refractivity contribution in [3.63, 3.8) is 0 Å². The van der Waals surface area contributed by atoms with E-state index >= 15 is 0 Å². The molecular formula is C9H11NO2. The molecule has 0 aliphatic carbocycles. The molecule has 64 valence electrons. The van der Waals surface area contributed by atoms with Crippen molar-refractivity contribution in [1.82, 2.24) is 4.98 Å². The monoisotopic (exact) mass is 165 g/mol. The minimum absolute atomic E-state index is 0.0834. The van der Waals surface area contributed by atoms with E-state index in [9.17, 15) is 0 Å². The highest BCUT2D eigenvalue weighted by Gasteiger charge is 2.16. The maximum atomic E-state index is 5.44. The summed E-state index contributed by atoms with van der Waals surface area (Å²) in [5.41, 5.74) is 0. The van der Waals surface area contributed by atoms with Crippen molar-refractivity contribution in [2.45, 2.75) is 19.1 Å². The normalized spacial score (nSPS) is 22.5. The molecule has 0 bridgehead atoms. The van der Waals surface area contributed by atoms with Gasteiger partial charge < -0.3 is 9.47 Å². The molecule has 0 aromatic carbocycles. The highest BCUT2D eigenvalue weighted by Crippen LogP contribution is 2.16. The Morgan fingerprint density at radius 1 is 1.50 bits per heavy atom. The van der Waals surface area contributed by atoms with Crippen LogP contribution in [-0.2, 0) is 4.74 Å². The summed E-state index contributed by atoms with van der Waals surface area (Å²) < 4.78 is 10.7. The van der Waals surface area contributed by atoms with Gasteiger partial charge in [-0.15, -0.1) is 0 Å². The molecule has 1 aliphatic heterocycles. The first-order valence-corrected chi connectivity index (χ1v) is 4.14. The molecule has 0 saturated carbocycles. The van der Waals surface area contributed by atoms with Crippen molar-refractivity contribution >= 4 is 0 Å². The first kappa shape index (κ1) is 7.55. The molecule has 0 radical (unpaired) electrons. The number of nitrogens with zero attached hydrogens (tertiary/aromatic N) is 1. The predicted molar refractivity (Wildman–Crippen MR) is 43.8 cm³/mol. The van der Waals surface area contributed by atoms with Gasteiger partial charge in [0.25, 0.3) is 0 Å². The highest BCUT2D eigenvalue weighted by atomic mass is 16.7. The minimum atomic E-state index is -0.0834. The first-order valence-electron chi connectivity index (χ1n) is 4.14. The number of hydrogen-bond donors (Lipinski definition) is 0. The molecule has 2 heterocycles. The molecule has 2 rings (SSSR count). The Hall–Kier alpha value is -1.09. The van der Waals surface area contributed by atoms with Gasteiger partial charge in [0.05, 0.1) is 6.61 Å². The van der Waals surface area contributed by atoms with Gasteiger partial charge in [0.1, 0.15) is 0 Å². The molecule has 1 fully saturated rings. The van der Waals surface area contributed by atoms with E-state index in [0.29, 0.717) is 5.88 Å². The lowest BCUT2D eigenvalue weighted by Crippen LogP contribution is -2.14. The summed E-state index contributed by atoms with van der Waals surface area (Å²) in [4.78, 5) is 4.04. The fourth-order valence-corrected chi connectivity index (χ4v) is 1.19. The van der Waals surface area contributed by atoms with Crippen LogP contribution in [0.25, 0.3) is 0 Å². The standard InChI is InChI=1S/C9H11NO2/c1-2-6-10-8(4-1)12-9-5-3-7-11-9/h1-2,4,6,9H,3,5,7H2. The summed E-state index contributed by atoms with van der Waals surface area (Å²) >= 11 is 0. The van der Waals surface area contributed by atoms with E-state index < -0.39 is 0 Å². The molecule has 1 unspecified atom stereocenters. The average molecular weight is 165 g/mol. The van der Waals surface area contributed by atoms with E-state index in [1.165, 1.54) is 0 Å². The van der Waals surface area contributed by atoms with Crippen LogP contribution in [-0.4, -0.2) is 17.9 Å². The van der Waals surface area contributed by atoms with Gasteiger partial charge >= 0.3 is 0 Å². The van der Waals surface area contributed by atoms with Gasteiger partial charge in [-0.1, -0.05) is 6.07 Å². The van der Waals surface area contributed by atoms with Crippen molar-refractivity contribution < 1.29 is 9.47 Å². The van der Waals surface area contributed by atoms with E-state index in [4.69, 9.17) is 9.47 Å². The van der Waals surface area contributed by atoms with Crippen LogP contribution in [0.5, 0.6) is 5.88 Å². The van der Waals surface area contributed by atoms with Crippen LogP contribution >= 0.6 is 0 Å². The van der Waals surface area contributed by atoms with Gasteiger partial charge in [0.15, 0.2) is 0 Å². The van der Waals surface area contributed by atoms with Crippen LogP contribution in [0.3, 0.4) is 0 Å². The second-order valence-electron chi connectivity index (χ2n) is 2.73. The topological polar surface area (TPSA) is 31.4 Å². The second-order valence-corrected chi connectivity index (χ2v) is 2.73. The van der Waals surface area contributed by atoms with Gasteiger partial charge in [0.2, 0.25) is 12.2 Å². The van der Waals surface area contributed by atoms with Gasteiger partial charge in [-0.25, -0.2) is 4.98 Å². The second kappa shape index (κ2) is 3.54. The van der Waals surface area contributed by atoms with E-state index in [1.54, 1.807) is 6.20 Å². The van der Waals surface area contributed by atoms with Gasteiger partial charge in [-0.2, -0.15) is 0 Å². The summed E-state index contributed by atoms with van der Waals surface area (Å²) in [6.07, 6.45) is 3.68. The Bertz CT molecular complexity index is 232. The SMILES string of the molecule is c1ccc(OC2CCCO2)nc1.